The lowest BCUT2D eigenvalue weighted by molar-refractivity contribution is 0.457. The number of hydrogen-bond acceptors (Lipinski definition) is 2. The highest BCUT2D eigenvalue weighted by Gasteiger charge is 2.54. The third-order valence-electron chi connectivity index (χ3n) is 4.46. The maximum Gasteiger partial charge on any atom is 0.192 e. The first-order valence-corrected chi connectivity index (χ1v) is 12.8. The van der Waals surface area contributed by atoms with E-state index in [1.807, 2.05) is 0 Å². The van der Waals surface area contributed by atoms with Gasteiger partial charge >= 0.3 is 0 Å². The van der Waals surface area contributed by atoms with Crippen LogP contribution in [-0.4, -0.2) is 50.8 Å². The summed E-state index contributed by atoms with van der Waals surface area (Å²) in [4.78, 5) is 0. The van der Waals surface area contributed by atoms with Gasteiger partial charge in [-0.15, -0.1) is 26.3 Å². The summed E-state index contributed by atoms with van der Waals surface area (Å²) >= 11 is 0. The van der Waals surface area contributed by atoms with E-state index in [-0.39, 0.29) is 0 Å². The highest BCUT2D eigenvalue weighted by Crippen LogP contribution is 2.30. The van der Waals surface area contributed by atoms with Gasteiger partial charge in [-0.05, 0) is 26.2 Å². The first-order chi connectivity index (χ1) is 9.53. The largest absolute Gasteiger partial charge is 0.318 e. The summed E-state index contributed by atoms with van der Waals surface area (Å²) < 4.78 is 5.11. The van der Waals surface area contributed by atoms with Crippen LogP contribution in [0.15, 0.2) is 49.1 Å². The fourth-order valence-electron chi connectivity index (χ4n) is 3.34. The zero-order valence-electron chi connectivity index (χ0n) is 13.9. The van der Waals surface area contributed by atoms with Gasteiger partial charge in [0.2, 0.25) is 0 Å². The van der Waals surface area contributed by atoms with Gasteiger partial charge in [-0.2, -0.15) is 0 Å². The zero-order chi connectivity index (χ0) is 15.8. The van der Waals surface area contributed by atoms with Gasteiger partial charge in [0.05, 0.1) is 0 Å². The fraction of sp³-hybridized carbons (Fsp3) is 0.500. The van der Waals surface area contributed by atoms with Gasteiger partial charge < -0.3 is 9.13 Å². The predicted octanol–water partition coefficient (Wildman–Crippen LogP) is 3.54. The van der Waals surface area contributed by atoms with Gasteiger partial charge in [-0.25, -0.2) is 0 Å². The van der Waals surface area contributed by atoms with Crippen molar-refractivity contribution in [3.8, 4) is 0 Å². The van der Waals surface area contributed by atoms with Gasteiger partial charge in [-0.1, -0.05) is 50.5 Å². The van der Waals surface area contributed by atoms with E-state index in [1.54, 1.807) is 0 Å². The van der Waals surface area contributed by atoms with Crippen molar-refractivity contribution in [1.82, 2.24) is 9.13 Å². The molecule has 0 aromatic carbocycles. The SMILES string of the molecule is C=C[Si](C=C)(N(CC)CC)[Si](C=C)(C=C)N(CC)CC. The van der Waals surface area contributed by atoms with E-state index < -0.39 is 15.5 Å². The molecule has 20 heavy (non-hydrogen) atoms. The Morgan fingerprint density at radius 3 is 0.900 bits per heavy atom. The molecule has 0 aliphatic carbocycles. The number of hydrogen-bond donors (Lipinski definition) is 0. The lowest BCUT2D eigenvalue weighted by Crippen LogP contribution is -2.76. The van der Waals surface area contributed by atoms with Crippen molar-refractivity contribution < 1.29 is 0 Å². The second-order valence-corrected chi connectivity index (χ2v) is 15.8. The summed E-state index contributed by atoms with van der Waals surface area (Å²) in [7, 11) is -4.14. The lowest BCUT2D eigenvalue weighted by atomic mass is 10.7. The van der Waals surface area contributed by atoms with Gasteiger partial charge in [0, 0.05) is 0 Å². The second-order valence-electron chi connectivity index (χ2n) is 4.81. The molecule has 0 atom stereocenters. The highest BCUT2D eigenvalue weighted by atomic mass is 29.3. The number of nitrogens with zero attached hydrogens (tertiary/aromatic N) is 2. The molecule has 0 aromatic heterocycles. The van der Waals surface area contributed by atoms with Gasteiger partial charge in [0.25, 0.3) is 0 Å². The van der Waals surface area contributed by atoms with E-state index in [0.717, 1.165) is 26.2 Å². The van der Waals surface area contributed by atoms with Crippen LogP contribution >= 0.6 is 0 Å². The van der Waals surface area contributed by atoms with Gasteiger partial charge in [-0.3, -0.25) is 0 Å². The third-order valence-corrected chi connectivity index (χ3v) is 19.8. The smallest absolute Gasteiger partial charge is 0.192 e. The van der Waals surface area contributed by atoms with Crippen molar-refractivity contribution >= 4 is 15.5 Å². The van der Waals surface area contributed by atoms with Gasteiger partial charge in [0.1, 0.15) is 0 Å². The normalized spacial score (nSPS) is 12.5. The quantitative estimate of drug-likeness (QED) is 0.539. The molecule has 0 aliphatic rings. The van der Waals surface area contributed by atoms with Crippen molar-refractivity contribution in [1.29, 1.82) is 0 Å². The molecule has 4 heteroatoms. The summed E-state index contributed by atoms with van der Waals surface area (Å²) in [6, 6.07) is 0. The molecule has 2 nitrogen and oxygen atoms in total. The summed E-state index contributed by atoms with van der Waals surface area (Å²) in [6.07, 6.45) is 0. The predicted molar refractivity (Wildman–Crippen MR) is 98.1 cm³/mol. The molecular formula is C16H32N2Si2. The molecule has 0 spiro atoms. The molecule has 0 rings (SSSR count). The Balaban J connectivity index is 6.30. The van der Waals surface area contributed by atoms with Crippen molar-refractivity contribution in [2.24, 2.45) is 0 Å². The Morgan fingerprint density at radius 2 is 0.800 bits per heavy atom. The van der Waals surface area contributed by atoms with Crippen molar-refractivity contribution in [2.75, 3.05) is 26.2 Å². The minimum atomic E-state index is -2.07. The average Bonchev–Trinajstić information content (AvgIpc) is 2.50. The summed E-state index contributed by atoms with van der Waals surface area (Å²) in [6.45, 7) is 29.7. The van der Waals surface area contributed by atoms with E-state index in [2.05, 4.69) is 85.9 Å². The highest BCUT2D eigenvalue weighted by molar-refractivity contribution is 7.47. The molecule has 0 saturated heterocycles. The Hall–Kier alpha value is -0.686. The van der Waals surface area contributed by atoms with Crippen molar-refractivity contribution in [2.45, 2.75) is 27.7 Å². The van der Waals surface area contributed by atoms with E-state index in [0.29, 0.717) is 0 Å². The maximum absolute atomic E-state index is 4.19. The Labute approximate surface area is 128 Å². The average molecular weight is 309 g/mol. The van der Waals surface area contributed by atoms with Crippen LogP contribution < -0.4 is 0 Å². The Morgan fingerprint density at radius 1 is 0.600 bits per heavy atom. The van der Waals surface area contributed by atoms with Crippen LogP contribution in [0.5, 0.6) is 0 Å². The molecule has 0 heterocycles. The van der Waals surface area contributed by atoms with Crippen LogP contribution in [0.1, 0.15) is 27.7 Å². The molecule has 0 aromatic rings. The van der Waals surface area contributed by atoms with Crippen LogP contribution in [0.2, 0.25) is 0 Å². The first kappa shape index (κ1) is 19.3. The molecule has 0 N–H and O–H groups in total. The number of rotatable bonds is 11. The van der Waals surface area contributed by atoms with Crippen LogP contribution in [0, 0.1) is 0 Å². The molecule has 114 valence electrons. The standard InChI is InChI=1S/C16H32N2Si2/c1-9-17(10-2)19(13-5,14-6)20(15-7,16-8)18(11-3)12-4/h13-16H,5-12H2,1-4H3. The second kappa shape index (κ2) is 8.57. The van der Waals surface area contributed by atoms with E-state index in [1.165, 1.54) is 0 Å². The van der Waals surface area contributed by atoms with E-state index >= 15 is 0 Å². The van der Waals surface area contributed by atoms with Crippen molar-refractivity contribution in [3.05, 3.63) is 49.1 Å². The summed E-state index contributed by atoms with van der Waals surface area (Å²) in [5, 5.41) is 0. The Bertz CT molecular complexity index is 294. The summed E-state index contributed by atoms with van der Waals surface area (Å²) in [5.74, 6) is 0. The minimum Gasteiger partial charge on any atom is -0.318 e. The topological polar surface area (TPSA) is 6.48 Å². The monoisotopic (exact) mass is 308 g/mol. The van der Waals surface area contributed by atoms with Crippen LogP contribution in [0.4, 0.5) is 0 Å². The lowest BCUT2D eigenvalue weighted by Gasteiger charge is -2.51. The molecule has 0 amide bonds. The molecule has 0 saturated carbocycles. The maximum atomic E-state index is 4.19. The minimum absolute atomic E-state index is 1.01. The molecular weight excluding hydrogens is 276 g/mol. The van der Waals surface area contributed by atoms with Crippen molar-refractivity contribution in [3.63, 3.8) is 0 Å². The zero-order valence-corrected chi connectivity index (χ0v) is 15.9. The van der Waals surface area contributed by atoms with E-state index in [4.69, 9.17) is 0 Å². The molecule has 0 fully saturated rings. The van der Waals surface area contributed by atoms with Gasteiger partial charge in [0.15, 0.2) is 15.5 Å². The van der Waals surface area contributed by atoms with Crippen LogP contribution in [0.25, 0.3) is 0 Å². The summed E-state index contributed by atoms with van der Waals surface area (Å²) in [5.41, 5.74) is 8.73. The first-order valence-electron chi connectivity index (χ1n) is 7.58. The van der Waals surface area contributed by atoms with Crippen LogP contribution in [0.3, 0.4) is 0 Å². The molecule has 0 radical (unpaired) electrons. The van der Waals surface area contributed by atoms with Crippen LogP contribution in [-0.2, 0) is 0 Å². The third kappa shape index (κ3) is 2.84. The fourth-order valence-corrected chi connectivity index (χ4v) is 18.0. The van der Waals surface area contributed by atoms with E-state index in [9.17, 15) is 0 Å². The molecule has 0 aliphatic heterocycles. The molecule has 0 bridgehead atoms. The molecule has 0 unspecified atom stereocenters. The Kier molecular flexibility index (Phi) is 8.27.